The van der Waals surface area contributed by atoms with Crippen LogP contribution in [0.1, 0.15) is 12.5 Å². The van der Waals surface area contributed by atoms with E-state index in [1.165, 1.54) is 9.13 Å². The molecule has 0 aliphatic carbocycles. The Morgan fingerprint density at radius 1 is 1.29 bits per heavy atom. The quantitative estimate of drug-likeness (QED) is 0.549. The minimum Gasteiger partial charge on any atom is -0.306 e. The molecule has 0 fully saturated rings. The van der Waals surface area contributed by atoms with Crippen molar-refractivity contribution in [1.82, 2.24) is 23.7 Å². The molecule has 9 nitrogen and oxygen atoms in total. The van der Waals surface area contributed by atoms with Crippen LogP contribution in [-0.4, -0.2) is 29.9 Å². The topological polar surface area (TPSA) is 99.1 Å². The van der Waals surface area contributed by atoms with Gasteiger partial charge in [-0.1, -0.05) is 6.07 Å². The molecule has 3 heterocycles. The number of pyridine rings is 1. The highest BCUT2D eigenvalue weighted by molar-refractivity contribution is 5.80. The van der Waals surface area contributed by atoms with Crippen LogP contribution in [0.25, 0.3) is 11.2 Å². The molecule has 0 radical (unpaired) electrons. The fourth-order valence-corrected chi connectivity index (χ4v) is 2.44. The van der Waals surface area contributed by atoms with E-state index in [1.807, 2.05) is 6.07 Å². The number of nitrogens with zero attached hydrogens (tertiary/aromatic N) is 6. The SMILES string of the molecule is CCn1c(=O)c2c(nc(NN=Cc3cccnc3)n2C)n(C)c1=O. The Bertz CT molecular complexity index is 1030. The van der Waals surface area contributed by atoms with Crippen molar-refractivity contribution in [3.63, 3.8) is 0 Å². The molecule has 0 aliphatic rings. The van der Waals surface area contributed by atoms with Gasteiger partial charge in [0.2, 0.25) is 5.95 Å². The zero-order valence-electron chi connectivity index (χ0n) is 13.6. The normalized spacial score (nSPS) is 11.5. The summed E-state index contributed by atoms with van der Waals surface area (Å²) < 4.78 is 4.12. The Labute approximate surface area is 136 Å². The lowest BCUT2D eigenvalue weighted by molar-refractivity contribution is 0.635. The Kier molecular flexibility index (Phi) is 3.98. The minimum atomic E-state index is -0.390. The first-order valence-corrected chi connectivity index (χ1v) is 7.40. The summed E-state index contributed by atoms with van der Waals surface area (Å²) in [7, 11) is 3.29. The van der Waals surface area contributed by atoms with Crippen LogP contribution in [0.15, 0.2) is 39.2 Å². The van der Waals surface area contributed by atoms with E-state index in [0.29, 0.717) is 23.7 Å². The van der Waals surface area contributed by atoms with E-state index < -0.39 is 5.69 Å². The fraction of sp³-hybridized carbons (Fsp3) is 0.267. The smallest absolute Gasteiger partial charge is 0.306 e. The van der Waals surface area contributed by atoms with E-state index >= 15 is 0 Å². The van der Waals surface area contributed by atoms with Gasteiger partial charge >= 0.3 is 5.69 Å². The molecule has 0 saturated heterocycles. The average Bonchev–Trinajstić information content (AvgIpc) is 2.92. The highest BCUT2D eigenvalue weighted by Gasteiger charge is 2.17. The molecule has 24 heavy (non-hydrogen) atoms. The summed E-state index contributed by atoms with van der Waals surface area (Å²) >= 11 is 0. The molecular formula is C15H17N7O2. The van der Waals surface area contributed by atoms with Crippen LogP contribution in [0.5, 0.6) is 0 Å². The second-order valence-electron chi connectivity index (χ2n) is 5.21. The maximum atomic E-state index is 12.5. The third-order valence-electron chi connectivity index (χ3n) is 3.74. The fourth-order valence-electron chi connectivity index (χ4n) is 2.44. The molecule has 9 heteroatoms. The van der Waals surface area contributed by atoms with E-state index in [0.717, 1.165) is 5.56 Å². The van der Waals surface area contributed by atoms with Crippen molar-refractivity contribution in [2.24, 2.45) is 19.2 Å². The molecule has 1 N–H and O–H groups in total. The van der Waals surface area contributed by atoms with Gasteiger partial charge in [0.15, 0.2) is 11.2 Å². The molecule has 0 spiro atoms. The van der Waals surface area contributed by atoms with E-state index in [9.17, 15) is 9.59 Å². The molecule has 0 amide bonds. The van der Waals surface area contributed by atoms with E-state index in [4.69, 9.17) is 0 Å². The van der Waals surface area contributed by atoms with Crippen molar-refractivity contribution < 1.29 is 0 Å². The molecule has 0 unspecified atom stereocenters. The zero-order valence-corrected chi connectivity index (χ0v) is 13.6. The van der Waals surface area contributed by atoms with Gasteiger partial charge in [0.1, 0.15) is 0 Å². The van der Waals surface area contributed by atoms with Gasteiger partial charge in [0.25, 0.3) is 5.56 Å². The number of aryl methyl sites for hydroxylation is 2. The van der Waals surface area contributed by atoms with Crippen LogP contribution < -0.4 is 16.7 Å². The number of fused-ring (bicyclic) bond motifs is 1. The number of nitrogens with one attached hydrogen (secondary N) is 1. The first-order chi connectivity index (χ1) is 11.5. The second kappa shape index (κ2) is 6.11. The summed E-state index contributed by atoms with van der Waals surface area (Å²) in [5.74, 6) is 0.367. The predicted molar refractivity (Wildman–Crippen MR) is 91.3 cm³/mol. The van der Waals surface area contributed by atoms with Gasteiger partial charge in [-0.2, -0.15) is 10.1 Å². The minimum absolute atomic E-state index is 0.300. The highest BCUT2D eigenvalue weighted by Crippen LogP contribution is 2.13. The van der Waals surface area contributed by atoms with Crippen molar-refractivity contribution in [3.05, 3.63) is 50.9 Å². The average molecular weight is 327 g/mol. The summed E-state index contributed by atoms with van der Waals surface area (Å²) in [6.45, 7) is 2.05. The molecule has 3 aromatic heterocycles. The molecule has 3 rings (SSSR count). The maximum absolute atomic E-state index is 12.5. The van der Waals surface area contributed by atoms with Crippen LogP contribution in [0.2, 0.25) is 0 Å². The number of rotatable bonds is 4. The van der Waals surface area contributed by atoms with Crippen LogP contribution in [0.4, 0.5) is 5.95 Å². The summed E-state index contributed by atoms with van der Waals surface area (Å²) in [4.78, 5) is 33.0. The molecule has 3 aromatic rings. The first-order valence-electron chi connectivity index (χ1n) is 7.40. The molecule has 124 valence electrons. The highest BCUT2D eigenvalue weighted by atomic mass is 16.2. The molecule has 0 bridgehead atoms. The Morgan fingerprint density at radius 3 is 2.75 bits per heavy atom. The predicted octanol–water partition coefficient (Wildman–Crippen LogP) is 0.295. The van der Waals surface area contributed by atoms with Crippen LogP contribution in [-0.2, 0) is 20.6 Å². The monoisotopic (exact) mass is 327 g/mol. The number of aromatic nitrogens is 5. The van der Waals surface area contributed by atoms with Crippen molar-refractivity contribution in [1.29, 1.82) is 0 Å². The van der Waals surface area contributed by atoms with Gasteiger partial charge in [-0.25, -0.2) is 10.2 Å². The zero-order chi connectivity index (χ0) is 17.3. The number of hydrogen-bond donors (Lipinski definition) is 1. The summed E-state index contributed by atoms with van der Waals surface area (Å²) in [6.07, 6.45) is 4.94. The summed E-state index contributed by atoms with van der Waals surface area (Å²) in [6, 6.07) is 3.66. The van der Waals surface area contributed by atoms with Crippen LogP contribution in [0.3, 0.4) is 0 Å². The summed E-state index contributed by atoms with van der Waals surface area (Å²) in [5, 5.41) is 4.10. The van der Waals surface area contributed by atoms with Crippen molar-refractivity contribution >= 4 is 23.3 Å². The Morgan fingerprint density at radius 2 is 2.08 bits per heavy atom. The lowest BCUT2D eigenvalue weighted by Gasteiger charge is -2.05. The third-order valence-corrected chi connectivity index (χ3v) is 3.74. The largest absolute Gasteiger partial charge is 0.332 e. The Hall–Kier alpha value is -3.23. The van der Waals surface area contributed by atoms with Crippen molar-refractivity contribution in [3.8, 4) is 0 Å². The third kappa shape index (κ3) is 2.49. The maximum Gasteiger partial charge on any atom is 0.332 e. The van der Waals surface area contributed by atoms with Gasteiger partial charge in [0.05, 0.1) is 6.21 Å². The van der Waals surface area contributed by atoms with Crippen LogP contribution in [0, 0.1) is 0 Å². The molecule has 0 aromatic carbocycles. The first kappa shape index (κ1) is 15.7. The van der Waals surface area contributed by atoms with Gasteiger partial charge in [-0.3, -0.25) is 18.9 Å². The summed E-state index contributed by atoms with van der Waals surface area (Å²) in [5.41, 5.74) is 3.52. The van der Waals surface area contributed by atoms with Gasteiger partial charge < -0.3 is 4.57 Å². The van der Waals surface area contributed by atoms with E-state index in [2.05, 4.69) is 20.5 Å². The number of anilines is 1. The molecule has 0 aliphatic heterocycles. The number of imidazole rings is 1. The standard InChI is InChI=1S/C15H17N7O2/c1-4-22-13(23)11-12(21(3)15(22)24)18-14(20(11)2)19-17-9-10-6-5-7-16-8-10/h5-9H,4H2,1-3H3,(H,18,19). The van der Waals surface area contributed by atoms with Gasteiger partial charge in [-0.15, -0.1) is 0 Å². The van der Waals surface area contributed by atoms with Crippen LogP contribution >= 0.6 is 0 Å². The Balaban J connectivity index is 2.05. The lowest BCUT2D eigenvalue weighted by Crippen LogP contribution is -2.39. The second-order valence-corrected chi connectivity index (χ2v) is 5.21. The lowest BCUT2D eigenvalue weighted by atomic mass is 10.3. The molecule has 0 saturated carbocycles. The molecular weight excluding hydrogens is 310 g/mol. The number of hydrogen-bond acceptors (Lipinski definition) is 6. The number of hydrazone groups is 1. The van der Waals surface area contributed by atoms with E-state index in [1.54, 1.807) is 50.3 Å². The van der Waals surface area contributed by atoms with Crippen molar-refractivity contribution in [2.45, 2.75) is 13.5 Å². The van der Waals surface area contributed by atoms with Crippen molar-refractivity contribution in [2.75, 3.05) is 5.43 Å². The molecule has 0 atom stereocenters. The van der Waals surface area contributed by atoms with E-state index in [-0.39, 0.29) is 5.56 Å². The van der Waals surface area contributed by atoms with Gasteiger partial charge in [0, 0.05) is 38.6 Å². The van der Waals surface area contributed by atoms with Gasteiger partial charge in [-0.05, 0) is 13.0 Å².